The van der Waals surface area contributed by atoms with Gasteiger partial charge in [-0.1, -0.05) is 31.0 Å². The van der Waals surface area contributed by atoms with Crippen LogP contribution in [0.3, 0.4) is 0 Å². The SMILES string of the molecule is NCCSC(=O)SNC1CCCCC1. The summed E-state index contributed by atoms with van der Waals surface area (Å²) in [6, 6.07) is 0.538. The standard InChI is InChI=1S/C9H18N2OS2/c10-6-7-13-9(12)14-11-8-4-2-1-3-5-8/h8,11H,1-7,10H2. The summed E-state index contributed by atoms with van der Waals surface area (Å²) in [7, 11) is 0. The third kappa shape index (κ3) is 5.24. The van der Waals surface area contributed by atoms with E-state index in [4.69, 9.17) is 5.73 Å². The predicted molar refractivity (Wildman–Crippen MR) is 64.5 cm³/mol. The summed E-state index contributed by atoms with van der Waals surface area (Å²) in [5, 5.41) is 0. The third-order valence-corrected chi connectivity index (χ3v) is 4.15. The first-order valence-electron chi connectivity index (χ1n) is 5.12. The van der Waals surface area contributed by atoms with Crippen LogP contribution < -0.4 is 10.5 Å². The highest BCUT2D eigenvalue weighted by Gasteiger charge is 2.14. The molecule has 0 bridgehead atoms. The van der Waals surface area contributed by atoms with Crippen molar-refractivity contribution >= 4 is 28.2 Å². The normalized spacial score (nSPS) is 18.4. The number of hydrogen-bond donors (Lipinski definition) is 2. The van der Waals surface area contributed by atoms with Gasteiger partial charge in [0.15, 0.2) is 0 Å². The smallest absolute Gasteiger partial charge is 0.260 e. The molecule has 1 fully saturated rings. The Balaban J connectivity index is 2.03. The Bertz CT molecular complexity index is 172. The van der Waals surface area contributed by atoms with Gasteiger partial charge in [0.2, 0.25) is 0 Å². The fourth-order valence-electron chi connectivity index (χ4n) is 1.52. The van der Waals surface area contributed by atoms with Crippen molar-refractivity contribution in [2.24, 2.45) is 5.73 Å². The highest BCUT2D eigenvalue weighted by atomic mass is 32.2. The summed E-state index contributed by atoms with van der Waals surface area (Å²) in [6.45, 7) is 0.570. The first-order chi connectivity index (χ1) is 6.83. The second-order valence-electron chi connectivity index (χ2n) is 3.44. The van der Waals surface area contributed by atoms with Gasteiger partial charge in [0.25, 0.3) is 4.45 Å². The molecule has 0 heterocycles. The van der Waals surface area contributed by atoms with Gasteiger partial charge in [-0.25, -0.2) is 0 Å². The average Bonchev–Trinajstić information content (AvgIpc) is 2.25. The fraction of sp³-hybridized carbons (Fsp3) is 0.889. The van der Waals surface area contributed by atoms with Crippen LogP contribution in [0.15, 0.2) is 0 Å². The molecule has 0 unspecified atom stereocenters. The lowest BCUT2D eigenvalue weighted by Crippen LogP contribution is -2.26. The quantitative estimate of drug-likeness (QED) is 0.731. The number of carbonyl (C=O) groups excluding carboxylic acids is 1. The van der Waals surface area contributed by atoms with Crippen LogP contribution in [0.1, 0.15) is 32.1 Å². The van der Waals surface area contributed by atoms with Gasteiger partial charge >= 0.3 is 0 Å². The molecule has 0 saturated heterocycles. The molecule has 1 saturated carbocycles. The maximum absolute atomic E-state index is 11.3. The molecule has 0 amide bonds. The summed E-state index contributed by atoms with van der Waals surface area (Å²) in [5.74, 6) is 0.720. The Morgan fingerprint density at radius 3 is 2.71 bits per heavy atom. The van der Waals surface area contributed by atoms with E-state index in [0.717, 1.165) is 5.75 Å². The molecule has 1 aliphatic rings. The molecule has 0 spiro atoms. The zero-order valence-electron chi connectivity index (χ0n) is 8.33. The Kier molecular flexibility index (Phi) is 6.68. The van der Waals surface area contributed by atoms with Crippen molar-refractivity contribution < 1.29 is 4.79 Å². The summed E-state index contributed by atoms with van der Waals surface area (Å²) in [5.41, 5.74) is 5.31. The van der Waals surface area contributed by atoms with Crippen molar-refractivity contribution in [3.05, 3.63) is 0 Å². The minimum absolute atomic E-state index is 0.140. The van der Waals surface area contributed by atoms with E-state index in [-0.39, 0.29) is 4.45 Å². The van der Waals surface area contributed by atoms with Gasteiger partial charge in [0.05, 0.1) is 0 Å². The van der Waals surface area contributed by atoms with Crippen molar-refractivity contribution in [3.63, 3.8) is 0 Å². The third-order valence-electron chi connectivity index (χ3n) is 2.25. The molecule has 0 aromatic carbocycles. The van der Waals surface area contributed by atoms with Crippen molar-refractivity contribution in [3.8, 4) is 0 Å². The van der Waals surface area contributed by atoms with Gasteiger partial charge in [-0.2, -0.15) is 0 Å². The Morgan fingerprint density at radius 2 is 2.07 bits per heavy atom. The van der Waals surface area contributed by atoms with E-state index in [1.165, 1.54) is 55.8 Å². The molecule has 0 aliphatic heterocycles. The molecule has 3 N–H and O–H groups in total. The van der Waals surface area contributed by atoms with Gasteiger partial charge in [-0.3, -0.25) is 9.52 Å². The number of nitrogens with one attached hydrogen (secondary N) is 1. The van der Waals surface area contributed by atoms with E-state index >= 15 is 0 Å². The Morgan fingerprint density at radius 1 is 1.36 bits per heavy atom. The zero-order chi connectivity index (χ0) is 10.2. The van der Waals surface area contributed by atoms with Gasteiger partial charge in [0.1, 0.15) is 0 Å². The minimum Gasteiger partial charge on any atom is -0.330 e. The minimum atomic E-state index is 0.140. The van der Waals surface area contributed by atoms with Gasteiger partial charge in [-0.05, 0) is 12.8 Å². The molecular weight excluding hydrogens is 216 g/mol. The van der Waals surface area contributed by atoms with Gasteiger partial charge < -0.3 is 5.73 Å². The second-order valence-corrected chi connectivity index (χ2v) is 5.58. The Labute approximate surface area is 94.1 Å². The van der Waals surface area contributed by atoms with E-state index < -0.39 is 0 Å². The maximum atomic E-state index is 11.3. The second kappa shape index (κ2) is 7.56. The molecule has 3 nitrogen and oxygen atoms in total. The van der Waals surface area contributed by atoms with Crippen LogP contribution in [0.4, 0.5) is 4.79 Å². The van der Waals surface area contributed by atoms with E-state index in [2.05, 4.69) is 4.72 Å². The first kappa shape index (κ1) is 12.4. The Hall–Kier alpha value is 0.290. The van der Waals surface area contributed by atoms with E-state index in [1.54, 1.807) is 0 Å². The molecule has 5 heteroatoms. The van der Waals surface area contributed by atoms with Crippen LogP contribution in [0.2, 0.25) is 0 Å². The molecule has 0 radical (unpaired) electrons. The summed E-state index contributed by atoms with van der Waals surface area (Å²) in [4.78, 5) is 11.3. The van der Waals surface area contributed by atoms with Crippen molar-refractivity contribution in [2.75, 3.05) is 12.3 Å². The molecule has 14 heavy (non-hydrogen) atoms. The van der Waals surface area contributed by atoms with Crippen LogP contribution in [0.5, 0.6) is 0 Å². The predicted octanol–water partition coefficient (Wildman–Crippen LogP) is 2.37. The van der Waals surface area contributed by atoms with Crippen LogP contribution in [-0.2, 0) is 0 Å². The topological polar surface area (TPSA) is 55.1 Å². The molecule has 82 valence electrons. The lowest BCUT2D eigenvalue weighted by atomic mass is 9.96. The lowest BCUT2D eigenvalue weighted by molar-refractivity contribution is 0.276. The highest BCUT2D eigenvalue weighted by Crippen LogP contribution is 2.21. The van der Waals surface area contributed by atoms with Crippen LogP contribution in [0, 0.1) is 0 Å². The number of rotatable bonds is 4. The molecule has 0 aromatic heterocycles. The summed E-state index contributed by atoms with van der Waals surface area (Å²) < 4.78 is 3.38. The van der Waals surface area contributed by atoms with Crippen LogP contribution >= 0.6 is 23.7 Å². The monoisotopic (exact) mass is 234 g/mol. The lowest BCUT2D eigenvalue weighted by Gasteiger charge is -2.21. The highest BCUT2D eigenvalue weighted by molar-refractivity contribution is 8.37. The number of carbonyl (C=O) groups is 1. The van der Waals surface area contributed by atoms with Crippen molar-refractivity contribution in [1.82, 2.24) is 4.72 Å². The molecule has 0 atom stereocenters. The van der Waals surface area contributed by atoms with Crippen molar-refractivity contribution in [1.29, 1.82) is 0 Å². The summed E-state index contributed by atoms with van der Waals surface area (Å²) >= 11 is 2.54. The van der Waals surface area contributed by atoms with Crippen LogP contribution in [-0.4, -0.2) is 22.8 Å². The van der Waals surface area contributed by atoms with Crippen LogP contribution in [0.25, 0.3) is 0 Å². The average molecular weight is 234 g/mol. The molecule has 1 rings (SSSR count). The fourth-order valence-corrected chi connectivity index (χ4v) is 2.94. The summed E-state index contributed by atoms with van der Waals surface area (Å²) in [6.07, 6.45) is 6.35. The van der Waals surface area contributed by atoms with Crippen molar-refractivity contribution in [2.45, 2.75) is 38.1 Å². The number of nitrogens with two attached hydrogens (primary N) is 1. The van der Waals surface area contributed by atoms with Gasteiger partial charge in [-0.15, -0.1) is 0 Å². The van der Waals surface area contributed by atoms with Gasteiger partial charge in [0, 0.05) is 30.3 Å². The van der Waals surface area contributed by atoms with E-state index in [1.807, 2.05) is 0 Å². The largest absolute Gasteiger partial charge is 0.330 e. The molecular formula is C9H18N2OS2. The van der Waals surface area contributed by atoms with E-state index in [9.17, 15) is 4.79 Å². The number of thioether (sulfide) groups is 1. The zero-order valence-corrected chi connectivity index (χ0v) is 9.96. The maximum Gasteiger partial charge on any atom is 0.260 e. The number of hydrogen-bond acceptors (Lipinski definition) is 5. The van der Waals surface area contributed by atoms with E-state index in [0.29, 0.717) is 12.6 Å². The first-order valence-corrected chi connectivity index (χ1v) is 6.92. The molecule has 0 aromatic rings. The molecule has 1 aliphatic carbocycles.